The van der Waals surface area contributed by atoms with Gasteiger partial charge in [-0.2, -0.15) is 0 Å². The molecule has 0 saturated heterocycles. The van der Waals surface area contributed by atoms with Crippen LogP contribution < -0.4 is 0 Å². The zero-order valence-electron chi connectivity index (χ0n) is 9.62. The summed E-state index contributed by atoms with van der Waals surface area (Å²) in [5.41, 5.74) is 0. The summed E-state index contributed by atoms with van der Waals surface area (Å²) in [6, 6.07) is 0. The van der Waals surface area contributed by atoms with Crippen LogP contribution in [0.3, 0.4) is 0 Å². The van der Waals surface area contributed by atoms with E-state index in [2.05, 4.69) is 10.2 Å². The molecule has 0 atom stereocenters. The summed E-state index contributed by atoms with van der Waals surface area (Å²) < 4.78 is 0. The predicted octanol–water partition coefficient (Wildman–Crippen LogP) is 3.83. The van der Waals surface area contributed by atoms with Crippen LogP contribution in [0, 0.1) is 5.92 Å². The third kappa shape index (κ3) is 3.70. The Morgan fingerprint density at radius 2 is 1.75 bits per heavy atom. The molecule has 2 nitrogen and oxygen atoms in total. The molecule has 0 spiro atoms. The molecule has 0 aliphatic heterocycles. The normalized spacial score (nSPS) is 18.6. The van der Waals surface area contributed by atoms with Gasteiger partial charge in [-0.15, -0.1) is 33.1 Å². The Balaban J connectivity index is 1.86. The van der Waals surface area contributed by atoms with Gasteiger partial charge in [0.15, 0.2) is 0 Å². The average molecular weight is 259 g/mol. The molecule has 0 bridgehead atoms. The maximum Gasteiger partial charge on any atom is 0.118 e. The smallest absolute Gasteiger partial charge is 0.118 e. The lowest BCUT2D eigenvalue weighted by molar-refractivity contribution is 0.456. The minimum Gasteiger partial charge on any atom is -0.144 e. The van der Waals surface area contributed by atoms with Crippen LogP contribution >= 0.6 is 22.9 Å². The maximum atomic E-state index is 5.70. The SMILES string of the molecule is ClCCc1nnc(CC2CCCCCC2)s1. The lowest BCUT2D eigenvalue weighted by Gasteiger charge is -2.10. The van der Waals surface area contributed by atoms with Gasteiger partial charge in [0.05, 0.1) is 0 Å². The van der Waals surface area contributed by atoms with Crippen molar-refractivity contribution in [3.05, 3.63) is 10.0 Å². The monoisotopic (exact) mass is 258 g/mol. The number of aryl methyl sites for hydroxylation is 1. The van der Waals surface area contributed by atoms with Crippen LogP contribution in [0.25, 0.3) is 0 Å². The zero-order valence-corrected chi connectivity index (χ0v) is 11.2. The molecule has 0 aromatic carbocycles. The molecule has 4 heteroatoms. The molecule has 1 aliphatic rings. The van der Waals surface area contributed by atoms with Gasteiger partial charge in [0.1, 0.15) is 10.0 Å². The minimum absolute atomic E-state index is 0.651. The number of halogens is 1. The van der Waals surface area contributed by atoms with E-state index in [9.17, 15) is 0 Å². The van der Waals surface area contributed by atoms with Crippen molar-refractivity contribution in [3.8, 4) is 0 Å². The first kappa shape index (κ1) is 12.3. The van der Waals surface area contributed by atoms with Crippen LogP contribution in [0.15, 0.2) is 0 Å². The van der Waals surface area contributed by atoms with Crippen LogP contribution in [0.1, 0.15) is 48.5 Å². The Kier molecular flexibility index (Phi) is 5.04. The second-order valence-electron chi connectivity index (χ2n) is 4.59. The zero-order chi connectivity index (χ0) is 11.2. The van der Waals surface area contributed by atoms with Crippen LogP contribution in [-0.2, 0) is 12.8 Å². The first-order valence-electron chi connectivity index (χ1n) is 6.25. The van der Waals surface area contributed by atoms with Gasteiger partial charge in [-0.3, -0.25) is 0 Å². The van der Waals surface area contributed by atoms with Crippen molar-refractivity contribution >= 4 is 22.9 Å². The third-order valence-electron chi connectivity index (χ3n) is 3.26. The van der Waals surface area contributed by atoms with Gasteiger partial charge in [0.2, 0.25) is 0 Å². The molecule has 0 radical (unpaired) electrons. The first-order chi connectivity index (χ1) is 7.88. The molecule has 1 aromatic heterocycles. The van der Waals surface area contributed by atoms with Crippen molar-refractivity contribution in [3.63, 3.8) is 0 Å². The fourth-order valence-electron chi connectivity index (χ4n) is 2.37. The van der Waals surface area contributed by atoms with Crippen LogP contribution in [-0.4, -0.2) is 16.1 Å². The highest BCUT2D eigenvalue weighted by Gasteiger charge is 2.15. The molecule has 2 rings (SSSR count). The summed E-state index contributed by atoms with van der Waals surface area (Å²) in [7, 11) is 0. The summed E-state index contributed by atoms with van der Waals surface area (Å²) >= 11 is 7.45. The minimum atomic E-state index is 0.651. The van der Waals surface area contributed by atoms with Crippen molar-refractivity contribution in [1.82, 2.24) is 10.2 Å². The van der Waals surface area contributed by atoms with Gasteiger partial charge in [0.25, 0.3) is 0 Å². The molecule has 16 heavy (non-hydrogen) atoms. The fraction of sp³-hybridized carbons (Fsp3) is 0.833. The lowest BCUT2D eigenvalue weighted by atomic mass is 9.97. The number of alkyl halides is 1. The van der Waals surface area contributed by atoms with E-state index >= 15 is 0 Å². The summed E-state index contributed by atoms with van der Waals surface area (Å²) in [6.45, 7) is 0. The molecule has 1 saturated carbocycles. The summed E-state index contributed by atoms with van der Waals surface area (Å²) in [6.07, 6.45) is 10.4. The largest absolute Gasteiger partial charge is 0.144 e. The van der Waals surface area contributed by atoms with E-state index in [1.54, 1.807) is 11.3 Å². The second-order valence-corrected chi connectivity index (χ2v) is 6.11. The van der Waals surface area contributed by atoms with E-state index in [-0.39, 0.29) is 0 Å². The maximum absolute atomic E-state index is 5.70. The Labute approximate surface area is 106 Å². The fourth-order valence-corrected chi connectivity index (χ4v) is 3.62. The molecular weight excluding hydrogens is 240 g/mol. The highest BCUT2D eigenvalue weighted by molar-refractivity contribution is 7.11. The molecule has 90 valence electrons. The van der Waals surface area contributed by atoms with E-state index in [0.29, 0.717) is 5.88 Å². The molecule has 0 N–H and O–H groups in total. The lowest BCUT2D eigenvalue weighted by Crippen LogP contribution is -2.02. The molecule has 1 aromatic rings. The number of nitrogens with zero attached hydrogens (tertiary/aromatic N) is 2. The molecule has 1 fully saturated rings. The Morgan fingerprint density at radius 1 is 1.06 bits per heavy atom. The van der Waals surface area contributed by atoms with Gasteiger partial charge in [-0.1, -0.05) is 38.5 Å². The predicted molar refractivity (Wildman–Crippen MR) is 69.2 cm³/mol. The topological polar surface area (TPSA) is 25.8 Å². The number of hydrogen-bond acceptors (Lipinski definition) is 3. The Hall–Kier alpha value is -0.150. The van der Waals surface area contributed by atoms with Crippen LogP contribution in [0.5, 0.6) is 0 Å². The molecule has 0 amide bonds. The molecule has 1 heterocycles. The number of aromatic nitrogens is 2. The van der Waals surface area contributed by atoms with Crippen molar-refractivity contribution in [1.29, 1.82) is 0 Å². The van der Waals surface area contributed by atoms with Crippen LogP contribution in [0.4, 0.5) is 0 Å². The first-order valence-corrected chi connectivity index (χ1v) is 7.61. The van der Waals surface area contributed by atoms with E-state index in [4.69, 9.17) is 11.6 Å². The van der Waals surface area contributed by atoms with Crippen molar-refractivity contribution in [2.45, 2.75) is 51.4 Å². The Bertz CT molecular complexity index is 306. The van der Waals surface area contributed by atoms with Crippen LogP contribution in [0.2, 0.25) is 0 Å². The van der Waals surface area contributed by atoms with E-state index in [0.717, 1.165) is 23.8 Å². The highest BCUT2D eigenvalue weighted by atomic mass is 35.5. The standard InChI is InChI=1S/C12H19ClN2S/c13-8-7-11-14-15-12(16-11)9-10-5-3-1-2-4-6-10/h10H,1-9H2. The number of rotatable bonds is 4. The quantitative estimate of drug-likeness (QED) is 0.606. The van der Waals surface area contributed by atoms with Gasteiger partial charge >= 0.3 is 0 Å². The second kappa shape index (κ2) is 6.55. The average Bonchev–Trinajstić information content (AvgIpc) is 2.56. The van der Waals surface area contributed by atoms with E-state index in [1.807, 2.05) is 0 Å². The molecule has 1 aliphatic carbocycles. The van der Waals surface area contributed by atoms with Crippen molar-refractivity contribution < 1.29 is 0 Å². The molecular formula is C12H19ClN2S. The van der Waals surface area contributed by atoms with Crippen molar-refractivity contribution in [2.75, 3.05) is 5.88 Å². The summed E-state index contributed by atoms with van der Waals surface area (Å²) in [5, 5.41) is 10.8. The van der Waals surface area contributed by atoms with Gasteiger partial charge in [-0.05, 0) is 5.92 Å². The van der Waals surface area contributed by atoms with Gasteiger partial charge < -0.3 is 0 Å². The van der Waals surface area contributed by atoms with Gasteiger partial charge in [0, 0.05) is 18.7 Å². The molecule has 0 unspecified atom stereocenters. The summed E-state index contributed by atoms with van der Waals surface area (Å²) in [4.78, 5) is 0. The number of hydrogen-bond donors (Lipinski definition) is 0. The van der Waals surface area contributed by atoms with E-state index < -0.39 is 0 Å². The highest BCUT2D eigenvalue weighted by Crippen LogP contribution is 2.27. The van der Waals surface area contributed by atoms with Gasteiger partial charge in [-0.25, -0.2) is 0 Å². The Morgan fingerprint density at radius 3 is 2.44 bits per heavy atom. The van der Waals surface area contributed by atoms with E-state index in [1.165, 1.54) is 43.5 Å². The van der Waals surface area contributed by atoms with Crippen molar-refractivity contribution in [2.24, 2.45) is 5.92 Å². The summed E-state index contributed by atoms with van der Waals surface area (Å²) in [5.74, 6) is 1.50. The third-order valence-corrected chi connectivity index (χ3v) is 4.45.